The molecule has 0 aromatic heterocycles. The number of carbonyl (C=O) groups is 1. The van der Waals surface area contributed by atoms with Crippen LogP contribution in [0.1, 0.15) is 47.0 Å². The third-order valence-electron chi connectivity index (χ3n) is 2.17. The van der Waals surface area contributed by atoms with Crippen molar-refractivity contribution in [3.8, 4) is 0 Å². The van der Waals surface area contributed by atoms with Gasteiger partial charge in [0, 0.05) is 6.61 Å². The van der Waals surface area contributed by atoms with Crippen molar-refractivity contribution >= 4 is 5.97 Å². The molecule has 0 bridgehead atoms. The molecule has 0 saturated carbocycles. The Bertz CT molecular complexity index is 166. The maximum absolute atomic E-state index is 11.4. The molecule has 0 aromatic rings. The number of rotatable bonds is 8. The second-order valence-corrected chi connectivity index (χ2v) is 4.06. The molecule has 0 aliphatic carbocycles. The maximum atomic E-state index is 11.4. The van der Waals surface area contributed by atoms with Gasteiger partial charge in [-0.05, 0) is 32.1 Å². The number of carbonyl (C=O) groups excluding carboxylic acids is 1. The fraction of sp³-hybridized carbons (Fsp3) is 0.917. The Morgan fingerprint density at radius 3 is 2.40 bits per heavy atom. The molecule has 0 aromatic carbocycles. The largest absolute Gasteiger partial charge is 0.464 e. The van der Waals surface area contributed by atoms with Gasteiger partial charge >= 0.3 is 5.97 Å². The molecule has 15 heavy (non-hydrogen) atoms. The van der Waals surface area contributed by atoms with E-state index in [1.54, 1.807) is 0 Å². The molecule has 90 valence electrons. The minimum atomic E-state index is -0.378. The molecule has 0 N–H and O–H groups in total. The minimum Gasteiger partial charge on any atom is -0.464 e. The first-order valence-electron chi connectivity index (χ1n) is 5.90. The predicted molar refractivity (Wildman–Crippen MR) is 60.7 cm³/mol. The molecule has 0 aliphatic heterocycles. The van der Waals surface area contributed by atoms with E-state index in [9.17, 15) is 4.79 Å². The molecular formula is C12H24O3. The first-order valence-corrected chi connectivity index (χ1v) is 5.90. The summed E-state index contributed by atoms with van der Waals surface area (Å²) in [5.41, 5.74) is 0. The summed E-state index contributed by atoms with van der Waals surface area (Å²) in [6.07, 6.45) is 2.45. The number of hydrogen-bond acceptors (Lipinski definition) is 3. The predicted octanol–water partition coefficient (Wildman–Crippen LogP) is 2.78. The molecule has 3 nitrogen and oxygen atoms in total. The van der Waals surface area contributed by atoms with E-state index in [4.69, 9.17) is 9.47 Å². The van der Waals surface area contributed by atoms with Gasteiger partial charge in [0.1, 0.15) is 0 Å². The van der Waals surface area contributed by atoms with Crippen LogP contribution in [-0.2, 0) is 14.3 Å². The fourth-order valence-electron chi connectivity index (χ4n) is 1.30. The highest BCUT2D eigenvalue weighted by Gasteiger charge is 2.17. The Kier molecular flexibility index (Phi) is 8.38. The van der Waals surface area contributed by atoms with E-state index < -0.39 is 0 Å². The van der Waals surface area contributed by atoms with Crippen molar-refractivity contribution < 1.29 is 14.3 Å². The highest BCUT2D eigenvalue weighted by Crippen LogP contribution is 2.06. The summed E-state index contributed by atoms with van der Waals surface area (Å²) in [5, 5.41) is 0. The van der Waals surface area contributed by atoms with E-state index in [2.05, 4.69) is 13.8 Å². The van der Waals surface area contributed by atoms with Gasteiger partial charge in [-0.25, -0.2) is 4.79 Å². The fourth-order valence-corrected chi connectivity index (χ4v) is 1.30. The van der Waals surface area contributed by atoms with E-state index in [-0.39, 0.29) is 12.1 Å². The van der Waals surface area contributed by atoms with Gasteiger partial charge in [0.25, 0.3) is 0 Å². The molecule has 0 spiro atoms. The molecule has 0 fully saturated rings. The number of hydrogen-bond donors (Lipinski definition) is 0. The minimum absolute atomic E-state index is 0.232. The van der Waals surface area contributed by atoms with Crippen LogP contribution < -0.4 is 0 Å². The average molecular weight is 216 g/mol. The first-order chi connectivity index (χ1) is 7.11. The monoisotopic (exact) mass is 216 g/mol. The molecule has 0 amide bonds. The zero-order chi connectivity index (χ0) is 11.7. The van der Waals surface area contributed by atoms with Crippen LogP contribution >= 0.6 is 0 Å². The second kappa shape index (κ2) is 8.72. The van der Waals surface area contributed by atoms with E-state index >= 15 is 0 Å². The lowest BCUT2D eigenvalue weighted by atomic mass is 10.1. The van der Waals surface area contributed by atoms with Gasteiger partial charge < -0.3 is 9.47 Å². The molecule has 0 rings (SSSR count). The lowest BCUT2D eigenvalue weighted by Gasteiger charge is -2.14. The summed E-state index contributed by atoms with van der Waals surface area (Å²) in [6.45, 7) is 9.18. The van der Waals surface area contributed by atoms with Gasteiger partial charge in [-0.1, -0.05) is 20.8 Å². The van der Waals surface area contributed by atoms with Crippen LogP contribution in [0.4, 0.5) is 0 Å². The van der Waals surface area contributed by atoms with Crippen molar-refractivity contribution in [2.45, 2.75) is 53.1 Å². The Labute approximate surface area is 93.1 Å². The van der Waals surface area contributed by atoms with Crippen molar-refractivity contribution in [2.75, 3.05) is 13.2 Å². The Balaban J connectivity index is 3.65. The normalized spacial score (nSPS) is 12.9. The van der Waals surface area contributed by atoms with Crippen LogP contribution in [0.5, 0.6) is 0 Å². The van der Waals surface area contributed by atoms with Crippen molar-refractivity contribution in [1.82, 2.24) is 0 Å². The number of esters is 1. The molecule has 0 aliphatic rings. The van der Waals surface area contributed by atoms with Crippen molar-refractivity contribution in [2.24, 2.45) is 5.92 Å². The van der Waals surface area contributed by atoms with Crippen LogP contribution in [0.2, 0.25) is 0 Å². The third kappa shape index (κ3) is 7.37. The van der Waals surface area contributed by atoms with Crippen molar-refractivity contribution in [3.05, 3.63) is 0 Å². The summed E-state index contributed by atoms with van der Waals surface area (Å²) in [5.74, 6) is 0.459. The van der Waals surface area contributed by atoms with Gasteiger partial charge in [-0.15, -0.1) is 0 Å². The Hall–Kier alpha value is -0.570. The van der Waals surface area contributed by atoms with Gasteiger partial charge in [0.15, 0.2) is 6.10 Å². The molecule has 3 heteroatoms. The molecule has 1 unspecified atom stereocenters. The quantitative estimate of drug-likeness (QED) is 0.462. The first kappa shape index (κ1) is 14.4. The van der Waals surface area contributed by atoms with E-state index in [0.717, 1.165) is 12.8 Å². The smallest absolute Gasteiger partial charge is 0.335 e. The van der Waals surface area contributed by atoms with E-state index in [1.165, 1.54) is 0 Å². The zero-order valence-electron chi connectivity index (χ0n) is 10.4. The highest BCUT2D eigenvalue weighted by atomic mass is 16.6. The van der Waals surface area contributed by atoms with Crippen LogP contribution in [0.15, 0.2) is 0 Å². The average Bonchev–Trinajstić information content (AvgIpc) is 2.17. The van der Waals surface area contributed by atoms with Crippen molar-refractivity contribution in [1.29, 1.82) is 0 Å². The summed E-state index contributed by atoms with van der Waals surface area (Å²) in [7, 11) is 0. The van der Waals surface area contributed by atoms with E-state index in [0.29, 0.717) is 25.6 Å². The van der Waals surface area contributed by atoms with Gasteiger partial charge in [-0.3, -0.25) is 0 Å². The maximum Gasteiger partial charge on any atom is 0.335 e. The van der Waals surface area contributed by atoms with Crippen LogP contribution in [0.25, 0.3) is 0 Å². The van der Waals surface area contributed by atoms with Crippen LogP contribution in [0, 0.1) is 5.92 Å². The zero-order valence-corrected chi connectivity index (χ0v) is 10.4. The van der Waals surface area contributed by atoms with E-state index in [1.807, 2.05) is 13.8 Å². The topological polar surface area (TPSA) is 35.5 Å². The Morgan fingerprint density at radius 1 is 1.27 bits per heavy atom. The lowest BCUT2D eigenvalue weighted by Crippen LogP contribution is -2.26. The van der Waals surface area contributed by atoms with Crippen molar-refractivity contribution in [3.63, 3.8) is 0 Å². The molecule has 0 radical (unpaired) electrons. The molecule has 0 saturated heterocycles. The van der Waals surface area contributed by atoms with Crippen LogP contribution in [-0.4, -0.2) is 25.3 Å². The standard InChI is InChI=1S/C12H24O3/c1-5-11(12(13)14-6-2)15-9-7-8-10(3)4/h10-11H,5-9H2,1-4H3. The third-order valence-corrected chi connectivity index (χ3v) is 2.17. The highest BCUT2D eigenvalue weighted by molar-refractivity contribution is 5.74. The van der Waals surface area contributed by atoms with Gasteiger partial charge in [0.05, 0.1) is 6.61 Å². The van der Waals surface area contributed by atoms with Gasteiger partial charge in [0.2, 0.25) is 0 Å². The lowest BCUT2D eigenvalue weighted by molar-refractivity contribution is -0.157. The Morgan fingerprint density at radius 2 is 1.93 bits per heavy atom. The number of ether oxygens (including phenoxy) is 2. The van der Waals surface area contributed by atoms with Gasteiger partial charge in [-0.2, -0.15) is 0 Å². The molecule has 1 atom stereocenters. The SMILES string of the molecule is CCOC(=O)C(CC)OCCCC(C)C. The molecule has 0 heterocycles. The second-order valence-electron chi connectivity index (χ2n) is 4.06. The molecular weight excluding hydrogens is 192 g/mol. The summed E-state index contributed by atoms with van der Waals surface area (Å²) in [6, 6.07) is 0. The van der Waals surface area contributed by atoms with Crippen LogP contribution in [0.3, 0.4) is 0 Å². The summed E-state index contributed by atoms with van der Waals surface area (Å²) >= 11 is 0. The summed E-state index contributed by atoms with van der Waals surface area (Å²) in [4.78, 5) is 11.4. The summed E-state index contributed by atoms with van der Waals surface area (Å²) < 4.78 is 10.4.